The molecule has 0 aliphatic carbocycles. The summed E-state index contributed by atoms with van der Waals surface area (Å²) in [5.74, 6) is 0.855. The Balaban J connectivity index is 2.32. The predicted octanol–water partition coefficient (Wildman–Crippen LogP) is 3.67. The highest BCUT2D eigenvalue weighted by atomic mass is 14.9. The summed E-state index contributed by atoms with van der Waals surface area (Å²) in [5.41, 5.74) is 3.56. The van der Waals surface area contributed by atoms with E-state index in [-0.39, 0.29) is 5.41 Å². The molecule has 0 saturated carbocycles. The van der Waals surface area contributed by atoms with Gasteiger partial charge in [-0.25, -0.2) is 9.97 Å². The Labute approximate surface area is 109 Å². The smallest absolute Gasteiger partial charge is 0.125 e. The zero-order chi connectivity index (χ0) is 13.2. The van der Waals surface area contributed by atoms with Crippen LogP contribution in [0.3, 0.4) is 0 Å². The molecular formula is C16H20N2. The molecule has 0 spiro atoms. The Kier molecular flexibility index (Phi) is 3.46. The number of hydrogen-bond donors (Lipinski definition) is 0. The van der Waals surface area contributed by atoms with Gasteiger partial charge in [0.15, 0.2) is 0 Å². The van der Waals surface area contributed by atoms with Crippen molar-refractivity contribution in [2.45, 2.75) is 39.5 Å². The summed E-state index contributed by atoms with van der Waals surface area (Å²) >= 11 is 0. The summed E-state index contributed by atoms with van der Waals surface area (Å²) in [6.45, 7) is 8.51. The summed E-state index contributed by atoms with van der Waals surface area (Å²) in [6.07, 6.45) is 0.868. The largest absolute Gasteiger partial charge is 0.238 e. The highest BCUT2D eigenvalue weighted by molar-refractivity contribution is 5.25. The number of aromatic nitrogens is 2. The Morgan fingerprint density at radius 2 is 1.67 bits per heavy atom. The Morgan fingerprint density at radius 3 is 2.28 bits per heavy atom. The second kappa shape index (κ2) is 4.89. The van der Waals surface area contributed by atoms with Gasteiger partial charge in [-0.15, -0.1) is 0 Å². The molecule has 0 bridgehead atoms. The van der Waals surface area contributed by atoms with Crippen molar-refractivity contribution in [1.82, 2.24) is 9.97 Å². The molecule has 1 heterocycles. The van der Waals surface area contributed by atoms with Crippen LogP contribution in [-0.4, -0.2) is 9.97 Å². The van der Waals surface area contributed by atoms with Crippen molar-refractivity contribution in [1.29, 1.82) is 0 Å². The maximum atomic E-state index is 4.54. The van der Waals surface area contributed by atoms with Gasteiger partial charge in [0.05, 0.1) is 0 Å². The van der Waals surface area contributed by atoms with E-state index in [0.717, 1.165) is 23.6 Å². The lowest BCUT2D eigenvalue weighted by Gasteiger charge is -2.18. The number of rotatable bonds is 2. The van der Waals surface area contributed by atoms with Gasteiger partial charge in [-0.05, 0) is 18.6 Å². The summed E-state index contributed by atoms with van der Waals surface area (Å²) in [5, 5.41) is 0. The molecule has 0 unspecified atom stereocenters. The topological polar surface area (TPSA) is 25.8 Å². The molecule has 0 saturated heterocycles. The lowest BCUT2D eigenvalue weighted by molar-refractivity contribution is 0.562. The zero-order valence-corrected chi connectivity index (χ0v) is 11.6. The average molecular weight is 240 g/mol. The third-order valence-electron chi connectivity index (χ3n) is 2.89. The summed E-state index contributed by atoms with van der Waals surface area (Å²) in [7, 11) is 0. The van der Waals surface area contributed by atoms with E-state index in [2.05, 4.69) is 61.1 Å². The molecule has 2 heteroatoms. The Bertz CT molecular complexity index is 525. The van der Waals surface area contributed by atoms with Crippen molar-refractivity contribution < 1.29 is 0 Å². The summed E-state index contributed by atoms with van der Waals surface area (Å²) in [4.78, 5) is 9.07. The van der Waals surface area contributed by atoms with Gasteiger partial charge in [-0.2, -0.15) is 0 Å². The molecule has 18 heavy (non-hydrogen) atoms. The van der Waals surface area contributed by atoms with Gasteiger partial charge in [0.1, 0.15) is 5.82 Å². The van der Waals surface area contributed by atoms with Crippen LogP contribution in [0.2, 0.25) is 0 Å². The van der Waals surface area contributed by atoms with Gasteiger partial charge in [0.2, 0.25) is 0 Å². The molecule has 0 N–H and O–H groups in total. The fourth-order valence-corrected chi connectivity index (χ4v) is 1.91. The van der Waals surface area contributed by atoms with Crippen LogP contribution in [0.1, 0.15) is 43.5 Å². The van der Waals surface area contributed by atoms with E-state index >= 15 is 0 Å². The number of hydrogen-bond acceptors (Lipinski definition) is 2. The van der Waals surface area contributed by atoms with E-state index in [1.54, 1.807) is 0 Å². The number of benzene rings is 1. The van der Waals surface area contributed by atoms with Crippen molar-refractivity contribution in [2.24, 2.45) is 0 Å². The highest BCUT2D eigenvalue weighted by Gasteiger charge is 2.17. The van der Waals surface area contributed by atoms with Crippen LogP contribution in [0.4, 0.5) is 0 Å². The molecule has 1 aromatic heterocycles. The minimum atomic E-state index is 0.0686. The van der Waals surface area contributed by atoms with Gasteiger partial charge >= 0.3 is 0 Å². The molecule has 0 aliphatic heterocycles. The molecule has 2 nitrogen and oxygen atoms in total. The second-order valence-electron chi connectivity index (χ2n) is 5.70. The van der Waals surface area contributed by atoms with Crippen LogP contribution >= 0.6 is 0 Å². The maximum Gasteiger partial charge on any atom is 0.125 e. The lowest BCUT2D eigenvalue weighted by Crippen LogP contribution is -2.15. The third-order valence-corrected chi connectivity index (χ3v) is 2.89. The minimum absolute atomic E-state index is 0.0686. The molecular weight excluding hydrogens is 220 g/mol. The SMILES string of the molecule is Cc1nc(Cc2ccccc2)cc(C(C)(C)C)n1. The Morgan fingerprint density at radius 1 is 1.00 bits per heavy atom. The molecule has 2 rings (SSSR count). The molecule has 0 radical (unpaired) electrons. The normalized spacial score (nSPS) is 11.6. The molecule has 1 aromatic carbocycles. The van der Waals surface area contributed by atoms with Crippen molar-refractivity contribution in [2.75, 3.05) is 0 Å². The Hall–Kier alpha value is -1.70. The fourth-order valence-electron chi connectivity index (χ4n) is 1.91. The monoisotopic (exact) mass is 240 g/mol. The van der Waals surface area contributed by atoms with Crippen molar-refractivity contribution in [3.8, 4) is 0 Å². The van der Waals surface area contributed by atoms with E-state index in [4.69, 9.17) is 0 Å². The first-order chi connectivity index (χ1) is 8.45. The van der Waals surface area contributed by atoms with Gasteiger partial charge in [-0.3, -0.25) is 0 Å². The van der Waals surface area contributed by atoms with E-state index < -0.39 is 0 Å². The van der Waals surface area contributed by atoms with Crippen LogP contribution < -0.4 is 0 Å². The first kappa shape index (κ1) is 12.7. The van der Waals surface area contributed by atoms with E-state index in [9.17, 15) is 0 Å². The predicted molar refractivity (Wildman–Crippen MR) is 74.7 cm³/mol. The van der Waals surface area contributed by atoms with E-state index in [1.807, 2.05) is 13.0 Å². The second-order valence-corrected chi connectivity index (χ2v) is 5.70. The molecule has 94 valence electrons. The number of aryl methyl sites for hydroxylation is 1. The van der Waals surface area contributed by atoms with E-state index in [1.165, 1.54) is 5.56 Å². The van der Waals surface area contributed by atoms with Gasteiger partial charge in [-0.1, -0.05) is 51.1 Å². The third kappa shape index (κ3) is 3.16. The number of nitrogens with zero attached hydrogens (tertiary/aromatic N) is 2. The maximum absolute atomic E-state index is 4.54. The lowest BCUT2D eigenvalue weighted by atomic mass is 9.91. The van der Waals surface area contributed by atoms with Crippen LogP contribution in [0, 0.1) is 6.92 Å². The molecule has 0 atom stereocenters. The van der Waals surface area contributed by atoms with Crippen LogP contribution in [0.25, 0.3) is 0 Å². The summed E-state index contributed by atoms with van der Waals surface area (Å²) < 4.78 is 0. The quantitative estimate of drug-likeness (QED) is 0.800. The average Bonchev–Trinajstić information content (AvgIpc) is 2.28. The van der Waals surface area contributed by atoms with Crippen LogP contribution in [-0.2, 0) is 11.8 Å². The first-order valence-corrected chi connectivity index (χ1v) is 6.34. The molecule has 0 amide bonds. The van der Waals surface area contributed by atoms with Crippen molar-refractivity contribution in [3.05, 3.63) is 59.2 Å². The van der Waals surface area contributed by atoms with E-state index in [0.29, 0.717) is 0 Å². The molecule has 2 aromatic rings. The minimum Gasteiger partial charge on any atom is -0.238 e. The van der Waals surface area contributed by atoms with Gasteiger partial charge in [0, 0.05) is 23.2 Å². The van der Waals surface area contributed by atoms with Crippen LogP contribution in [0.15, 0.2) is 36.4 Å². The van der Waals surface area contributed by atoms with Crippen molar-refractivity contribution >= 4 is 0 Å². The fraction of sp³-hybridized carbons (Fsp3) is 0.375. The van der Waals surface area contributed by atoms with Crippen molar-refractivity contribution in [3.63, 3.8) is 0 Å². The first-order valence-electron chi connectivity index (χ1n) is 6.34. The highest BCUT2D eigenvalue weighted by Crippen LogP contribution is 2.21. The van der Waals surface area contributed by atoms with Gasteiger partial charge in [0.25, 0.3) is 0 Å². The molecule has 0 fully saturated rings. The van der Waals surface area contributed by atoms with Gasteiger partial charge < -0.3 is 0 Å². The zero-order valence-electron chi connectivity index (χ0n) is 11.6. The van der Waals surface area contributed by atoms with Crippen LogP contribution in [0.5, 0.6) is 0 Å². The standard InChI is InChI=1S/C16H20N2/c1-12-17-14(10-13-8-6-5-7-9-13)11-15(18-12)16(2,3)4/h5-9,11H,10H2,1-4H3. The summed E-state index contributed by atoms with van der Waals surface area (Å²) in [6, 6.07) is 12.6. The molecule has 0 aliphatic rings.